The predicted octanol–water partition coefficient (Wildman–Crippen LogP) is 2.66. The van der Waals surface area contributed by atoms with Crippen LogP contribution in [0.1, 0.15) is 16.9 Å². The summed E-state index contributed by atoms with van der Waals surface area (Å²) in [5.41, 5.74) is 1.60. The molecule has 0 aliphatic carbocycles. The van der Waals surface area contributed by atoms with E-state index in [1.807, 2.05) is 11.0 Å². The number of fused-ring (bicyclic) bond motifs is 1. The lowest BCUT2D eigenvalue weighted by Gasteiger charge is -2.56. The Morgan fingerprint density at radius 3 is 2.70 bits per heavy atom. The first kappa shape index (κ1) is 12.5. The number of aromatic nitrogens is 1. The largest absolute Gasteiger partial charge is 0.350 e. The van der Waals surface area contributed by atoms with Gasteiger partial charge in [0.15, 0.2) is 0 Å². The van der Waals surface area contributed by atoms with E-state index in [0.29, 0.717) is 15.7 Å². The van der Waals surface area contributed by atoms with Gasteiger partial charge in [0.25, 0.3) is 5.91 Å². The van der Waals surface area contributed by atoms with Crippen molar-refractivity contribution >= 4 is 40.0 Å². The van der Waals surface area contributed by atoms with Crippen molar-refractivity contribution in [2.24, 2.45) is 0 Å². The van der Waals surface area contributed by atoms with Gasteiger partial charge in [0.05, 0.1) is 15.6 Å². The third kappa shape index (κ3) is 1.68. The SMILES string of the molecule is O=C(c1cc2c(Cl)c(Cl)ccc2[nH]1)N1CC2(CCN2)C1. The maximum atomic E-state index is 12.4. The van der Waals surface area contributed by atoms with Crippen LogP contribution in [0, 0.1) is 0 Å². The molecule has 2 aliphatic heterocycles. The normalized spacial score (nSPS) is 20.0. The van der Waals surface area contributed by atoms with E-state index in [0.717, 1.165) is 37.0 Å². The highest BCUT2D eigenvalue weighted by molar-refractivity contribution is 6.45. The fourth-order valence-corrected chi connectivity index (χ4v) is 3.39. The van der Waals surface area contributed by atoms with E-state index in [-0.39, 0.29) is 11.4 Å². The van der Waals surface area contributed by atoms with Crippen LogP contribution in [0.4, 0.5) is 0 Å². The van der Waals surface area contributed by atoms with E-state index < -0.39 is 0 Å². The Balaban J connectivity index is 1.62. The molecule has 2 saturated heterocycles. The van der Waals surface area contributed by atoms with E-state index in [1.165, 1.54) is 0 Å². The zero-order valence-corrected chi connectivity index (χ0v) is 12.2. The Labute approximate surface area is 126 Å². The fraction of sp³-hybridized carbons (Fsp3) is 0.357. The van der Waals surface area contributed by atoms with Crippen LogP contribution >= 0.6 is 23.2 Å². The molecular formula is C14H13Cl2N3O. The van der Waals surface area contributed by atoms with E-state index in [2.05, 4.69) is 10.3 Å². The molecule has 0 saturated carbocycles. The van der Waals surface area contributed by atoms with Crippen molar-refractivity contribution in [2.45, 2.75) is 12.0 Å². The summed E-state index contributed by atoms with van der Waals surface area (Å²) >= 11 is 12.2. The Bertz CT molecular complexity index is 713. The zero-order chi connectivity index (χ0) is 13.9. The summed E-state index contributed by atoms with van der Waals surface area (Å²) in [4.78, 5) is 17.4. The molecule has 2 N–H and O–H groups in total. The number of likely N-dealkylation sites (tertiary alicyclic amines) is 1. The van der Waals surface area contributed by atoms with Crippen molar-refractivity contribution < 1.29 is 4.79 Å². The molecule has 0 radical (unpaired) electrons. The number of hydrogen-bond donors (Lipinski definition) is 2. The number of carbonyl (C=O) groups is 1. The summed E-state index contributed by atoms with van der Waals surface area (Å²) in [5.74, 6) is 0.0210. The van der Waals surface area contributed by atoms with Crippen LogP contribution < -0.4 is 5.32 Å². The molecule has 20 heavy (non-hydrogen) atoms. The lowest BCUT2D eigenvalue weighted by Crippen LogP contribution is -2.76. The van der Waals surface area contributed by atoms with Crippen LogP contribution in [0.2, 0.25) is 10.0 Å². The molecule has 1 spiro atoms. The van der Waals surface area contributed by atoms with Gasteiger partial charge in [-0.1, -0.05) is 23.2 Å². The van der Waals surface area contributed by atoms with Gasteiger partial charge in [-0.05, 0) is 31.2 Å². The fourth-order valence-electron chi connectivity index (χ4n) is 3.00. The van der Waals surface area contributed by atoms with Crippen molar-refractivity contribution in [1.82, 2.24) is 15.2 Å². The molecule has 0 unspecified atom stereocenters. The van der Waals surface area contributed by atoms with Crippen molar-refractivity contribution in [3.8, 4) is 0 Å². The molecule has 6 heteroatoms. The second-order valence-electron chi connectivity index (χ2n) is 5.62. The molecule has 2 aromatic rings. The number of aromatic amines is 1. The minimum absolute atomic E-state index is 0.0210. The minimum atomic E-state index is 0.0210. The Hall–Kier alpha value is -1.23. The molecule has 4 nitrogen and oxygen atoms in total. The predicted molar refractivity (Wildman–Crippen MR) is 79.6 cm³/mol. The van der Waals surface area contributed by atoms with Crippen molar-refractivity contribution in [2.75, 3.05) is 19.6 Å². The highest BCUT2D eigenvalue weighted by Gasteiger charge is 2.49. The molecule has 0 atom stereocenters. The summed E-state index contributed by atoms with van der Waals surface area (Å²) in [5, 5.41) is 5.17. The van der Waals surface area contributed by atoms with Gasteiger partial charge >= 0.3 is 0 Å². The minimum Gasteiger partial charge on any atom is -0.350 e. The van der Waals surface area contributed by atoms with Crippen molar-refractivity contribution in [1.29, 1.82) is 0 Å². The second kappa shape index (κ2) is 4.13. The number of H-pyrrole nitrogens is 1. The number of nitrogens with one attached hydrogen (secondary N) is 2. The molecule has 104 valence electrons. The third-order valence-corrected chi connectivity index (χ3v) is 5.12. The number of carbonyl (C=O) groups excluding carboxylic acids is 1. The van der Waals surface area contributed by atoms with E-state index in [9.17, 15) is 4.79 Å². The molecule has 4 rings (SSSR count). The Kier molecular flexibility index (Phi) is 2.58. The van der Waals surface area contributed by atoms with Crippen LogP contribution in [0.3, 0.4) is 0 Å². The van der Waals surface area contributed by atoms with Crippen LogP contribution in [0.15, 0.2) is 18.2 Å². The molecule has 1 amide bonds. The van der Waals surface area contributed by atoms with Crippen LogP contribution in [0.5, 0.6) is 0 Å². The average Bonchev–Trinajstić information content (AvgIpc) is 2.75. The number of hydrogen-bond acceptors (Lipinski definition) is 2. The molecule has 2 aliphatic rings. The monoisotopic (exact) mass is 309 g/mol. The Morgan fingerprint density at radius 1 is 1.30 bits per heavy atom. The van der Waals surface area contributed by atoms with Crippen molar-refractivity contribution in [3.05, 3.63) is 33.9 Å². The molecule has 3 heterocycles. The zero-order valence-electron chi connectivity index (χ0n) is 10.7. The van der Waals surface area contributed by atoms with Crippen molar-refractivity contribution in [3.63, 3.8) is 0 Å². The van der Waals surface area contributed by atoms with Gasteiger partial charge < -0.3 is 15.2 Å². The van der Waals surface area contributed by atoms with Crippen LogP contribution in [-0.2, 0) is 0 Å². The maximum Gasteiger partial charge on any atom is 0.270 e. The molecule has 1 aromatic carbocycles. The van der Waals surface area contributed by atoms with E-state index >= 15 is 0 Å². The highest BCUT2D eigenvalue weighted by atomic mass is 35.5. The second-order valence-corrected chi connectivity index (χ2v) is 6.41. The lowest BCUT2D eigenvalue weighted by atomic mass is 9.80. The number of rotatable bonds is 1. The van der Waals surface area contributed by atoms with Gasteiger partial charge in [0.2, 0.25) is 0 Å². The molecular weight excluding hydrogens is 297 g/mol. The first-order chi connectivity index (χ1) is 9.58. The first-order valence-corrected chi connectivity index (χ1v) is 7.35. The average molecular weight is 310 g/mol. The molecule has 0 bridgehead atoms. The summed E-state index contributed by atoms with van der Waals surface area (Å²) in [7, 11) is 0. The third-order valence-electron chi connectivity index (χ3n) is 4.30. The summed E-state index contributed by atoms with van der Waals surface area (Å²) in [6.45, 7) is 2.63. The number of nitrogens with zero attached hydrogens (tertiary/aromatic N) is 1. The Morgan fingerprint density at radius 2 is 2.05 bits per heavy atom. The van der Waals surface area contributed by atoms with Crippen LogP contribution in [-0.4, -0.2) is 41.0 Å². The highest BCUT2D eigenvalue weighted by Crippen LogP contribution is 2.34. The summed E-state index contributed by atoms with van der Waals surface area (Å²) < 4.78 is 0. The summed E-state index contributed by atoms with van der Waals surface area (Å²) in [6, 6.07) is 5.35. The standard InChI is InChI=1S/C14H13Cl2N3O/c15-9-1-2-10-8(12(9)16)5-11(18-10)13(20)19-6-14(7-19)3-4-17-14/h1-2,5,17-18H,3-4,6-7H2. The molecule has 1 aromatic heterocycles. The quantitative estimate of drug-likeness (QED) is 0.851. The summed E-state index contributed by atoms with van der Waals surface area (Å²) in [6.07, 6.45) is 1.16. The van der Waals surface area contributed by atoms with Gasteiger partial charge in [0, 0.05) is 24.0 Å². The van der Waals surface area contributed by atoms with Gasteiger partial charge in [0.1, 0.15) is 5.69 Å². The van der Waals surface area contributed by atoms with Gasteiger partial charge in [-0.25, -0.2) is 0 Å². The van der Waals surface area contributed by atoms with E-state index in [1.54, 1.807) is 12.1 Å². The number of benzene rings is 1. The van der Waals surface area contributed by atoms with Crippen LogP contribution in [0.25, 0.3) is 10.9 Å². The molecule has 2 fully saturated rings. The van der Waals surface area contributed by atoms with Gasteiger partial charge in [-0.15, -0.1) is 0 Å². The topological polar surface area (TPSA) is 48.1 Å². The smallest absolute Gasteiger partial charge is 0.270 e. The lowest BCUT2D eigenvalue weighted by molar-refractivity contribution is 0.000765. The number of halogens is 2. The first-order valence-electron chi connectivity index (χ1n) is 6.59. The van der Waals surface area contributed by atoms with Gasteiger partial charge in [-0.2, -0.15) is 0 Å². The van der Waals surface area contributed by atoms with E-state index in [4.69, 9.17) is 23.2 Å². The van der Waals surface area contributed by atoms with Gasteiger partial charge in [-0.3, -0.25) is 4.79 Å². The number of amides is 1. The maximum absolute atomic E-state index is 12.4.